The third-order valence-electron chi connectivity index (χ3n) is 7.62. The SMILES string of the molecule is CC(C)N1CCN(CCN2CC3(CCN(CC4CCCC4)CC3)OC2=O)CC1. The van der Waals surface area contributed by atoms with Gasteiger partial charge in [-0.1, -0.05) is 12.8 Å². The van der Waals surface area contributed by atoms with E-state index in [-0.39, 0.29) is 11.7 Å². The van der Waals surface area contributed by atoms with Crippen molar-refractivity contribution in [3.05, 3.63) is 0 Å². The van der Waals surface area contributed by atoms with Crippen molar-refractivity contribution in [2.45, 2.75) is 64.0 Å². The van der Waals surface area contributed by atoms with Gasteiger partial charge in [0.2, 0.25) is 0 Å². The third kappa shape index (κ3) is 4.82. The molecule has 0 aromatic rings. The van der Waals surface area contributed by atoms with Crippen LogP contribution < -0.4 is 0 Å². The Bertz CT molecular complexity index is 519. The first-order valence-corrected chi connectivity index (χ1v) is 11.7. The second kappa shape index (κ2) is 8.88. The maximum absolute atomic E-state index is 12.5. The number of hydrogen-bond acceptors (Lipinski definition) is 5. The van der Waals surface area contributed by atoms with Crippen LogP contribution in [0.1, 0.15) is 52.4 Å². The summed E-state index contributed by atoms with van der Waals surface area (Å²) in [6.45, 7) is 15.1. The number of carbonyl (C=O) groups excluding carboxylic acids is 1. The summed E-state index contributed by atoms with van der Waals surface area (Å²) >= 11 is 0. The van der Waals surface area contributed by atoms with Crippen LogP contribution in [-0.4, -0.2) is 103 Å². The minimum atomic E-state index is -0.209. The van der Waals surface area contributed by atoms with Gasteiger partial charge in [-0.25, -0.2) is 4.79 Å². The molecular formula is C22H40N4O2. The van der Waals surface area contributed by atoms with Crippen LogP contribution in [-0.2, 0) is 4.74 Å². The molecular weight excluding hydrogens is 352 g/mol. The van der Waals surface area contributed by atoms with Crippen LogP contribution in [0.2, 0.25) is 0 Å². The Hall–Kier alpha value is -0.850. The molecule has 4 aliphatic rings. The fourth-order valence-electron chi connectivity index (χ4n) is 5.59. The standard InChI is InChI=1S/C22H40N4O2/c1-19(2)25-14-11-23(12-15-25)13-16-26-18-22(28-21(26)27)7-9-24(10-8-22)17-20-5-3-4-6-20/h19-20H,3-18H2,1-2H3. The van der Waals surface area contributed by atoms with Crippen molar-refractivity contribution in [1.82, 2.24) is 19.6 Å². The molecule has 4 fully saturated rings. The first kappa shape index (κ1) is 20.4. The van der Waals surface area contributed by atoms with E-state index in [0.29, 0.717) is 6.04 Å². The van der Waals surface area contributed by atoms with Crippen LogP contribution in [0.25, 0.3) is 0 Å². The van der Waals surface area contributed by atoms with Crippen LogP contribution in [0, 0.1) is 5.92 Å². The highest BCUT2D eigenvalue weighted by Gasteiger charge is 2.46. The summed E-state index contributed by atoms with van der Waals surface area (Å²) in [6.07, 6.45) is 7.60. The molecule has 0 radical (unpaired) electrons. The van der Waals surface area contributed by atoms with Gasteiger partial charge in [0.1, 0.15) is 5.60 Å². The minimum Gasteiger partial charge on any atom is -0.441 e. The number of nitrogens with zero attached hydrogens (tertiary/aromatic N) is 4. The van der Waals surface area contributed by atoms with Crippen molar-refractivity contribution in [2.24, 2.45) is 5.92 Å². The van der Waals surface area contributed by atoms with E-state index >= 15 is 0 Å². The summed E-state index contributed by atoms with van der Waals surface area (Å²) in [5, 5.41) is 0. The van der Waals surface area contributed by atoms with Crippen LogP contribution in [0.3, 0.4) is 0 Å². The van der Waals surface area contributed by atoms with Crippen LogP contribution in [0.5, 0.6) is 0 Å². The van der Waals surface area contributed by atoms with Crippen LogP contribution in [0.4, 0.5) is 4.79 Å². The molecule has 1 amide bonds. The zero-order chi connectivity index (χ0) is 19.6. The van der Waals surface area contributed by atoms with Gasteiger partial charge >= 0.3 is 6.09 Å². The normalized spacial score (nSPS) is 28.0. The summed E-state index contributed by atoms with van der Waals surface area (Å²) in [5.41, 5.74) is -0.209. The largest absolute Gasteiger partial charge is 0.441 e. The van der Waals surface area contributed by atoms with Gasteiger partial charge in [-0.15, -0.1) is 0 Å². The maximum Gasteiger partial charge on any atom is 0.410 e. The Labute approximate surface area is 171 Å². The summed E-state index contributed by atoms with van der Waals surface area (Å²) in [4.78, 5) is 22.1. The molecule has 3 aliphatic heterocycles. The molecule has 6 heteroatoms. The number of carbonyl (C=O) groups is 1. The molecule has 0 aromatic heterocycles. The van der Waals surface area contributed by atoms with Gasteiger partial charge in [-0.3, -0.25) is 9.80 Å². The van der Waals surface area contributed by atoms with E-state index in [1.54, 1.807) is 0 Å². The molecule has 1 saturated carbocycles. The molecule has 0 unspecified atom stereocenters. The highest BCUT2D eigenvalue weighted by Crippen LogP contribution is 2.34. The van der Waals surface area contributed by atoms with Crippen molar-refractivity contribution in [1.29, 1.82) is 0 Å². The average Bonchev–Trinajstić information content (AvgIpc) is 3.30. The molecule has 0 bridgehead atoms. The van der Waals surface area contributed by atoms with Crippen molar-refractivity contribution < 1.29 is 9.53 Å². The zero-order valence-electron chi connectivity index (χ0n) is 18.1. The first-order valence-electron chi connectivity index (χ1n) is 11.7. The molecule has 1 aliphatic carbocycles. The highest BCUT2D eigenvalue weighted by molar-refractivity contribution is 5.70. The lowest BCUT2D eigenvalue weighted by atomic mass is 9.90. The average molecular weight is 393 g/mol. The second-order valence-electron chi connectivity index (χ2n) is 9.89. The number of amides is 1. The van der Waals surface area contributed by atoms with Gasteiger partial charge in [-0.2, -0.15) is 0 Å². The van der Waals surface area contributed by atoms with Crippen LogP contribution in [0.15, 0.2) is 0 Å². The zero-order valence-corrected chi connectivity index (χ0v) is 18.1. The minimum absolute atomic E-state index is 0.0786. The quantitative estimate of drug-likeness (QED) is 0.694. The molecule has 3 saturated heterocycles. The number of rotatable bonds is 6. The smallest absolute Gasteiger partial charge is 0.410 e. The Morgan fingerprint density at radius 3 is 2.29 bits per heavy atom. The number of likely N-dealkylation sites (tertiary alicyclic amines) is 1. The summed E-state index contributed by atoms with van der Waals surface area (Å²) in [7, 11) is 0. The molecule has 160 valence electrons. The first-order chi connectivity index (χ1) is 13.5. The number of hydrogen-bond donors (Lipinski definition) is 0. The Morgan fingerprint density at radius 1 is 0.964 bits per heavy atom. The fourth-order valence-corrected chi connectivity index (χ4v) is 5.59. The van der Waals surface area contributed by atoms with Crippen molar-refractivity contribution in [3.8, 4) is 0 Å². The molecule has 28 heavy (non-hydrogen) atoms. The Morgan fingerprint density at radius 2 is 1.64 bits per heavy atom. The van der Waals surface area contributed by atoms with E-state index in [1.807, 2.05) is 4.90 Å². The van der Waals surface area contributed by atoms with E-state index in [4.69, 9.17) is 4.74 Å². The monoisotopic (exact) mass is 392 g/mol. The topological polar surface area (TPSA) is 39.3 Å². The molecule has 4 rings (SSSR count). The molecule has 6 nitrogen and oxygen atoms in total. The highest BCUT2D eigenvalue weighted by atomic mass is 16.6. The fraction of sp³-hybridized carbons (Fsp3) is 0.955. The summed E-state index contributed by atoms with van der Waals surface area (Å²) in [6, 6.07) is 0.634. The third-order valence-corrected chi connectivity index (χ3v) is 7.62. The van der Waals surface area contributed by atoms with E-state index in [1.165, 1.54) is 32.2 Å². The number of piperidine rings is 1. The van der Waals surface area contributed by atoms with Gasteiger partial charge < -0.3 is 14.5 Å². The molecule has 1 spiro atoms. The van der Waals surface area contributed by atoms with Gasteiger partial charge in [0, 0.05) is 77.8 Å². The predicted octanol–water partition coefficient (Wildman–Crippen LogP) is 2.49. The predicted molar refractivity (Wildman–Crippen MR) is 112 cm³/mol. The van der Waals surface area contributed by atoms with Gasteiger partial charge in [0.15, 0.2) is 0 Å². The lowest BCUT2D eigenvalue weighted by Gasteiger charge is -2.38. The summed E-state index contributed by atoms with van der Waals surface area (Å²) < 4.78 is 5.94. The number of piperazine rings is 1. The van der Waals surface area contributed by atoms with Crippen molar-refractivity contribution >= 4 is 6.09 Å². The molecule has 0 N–H and O–H groups in total. The maximum atomic E-state index is 12.5. The van der Waals surface area contributed by atoms with E-state index < -0.39 is 0 Å². The van der Waals surface area contributed by atoms with Crippen molar-refractivity contribution in [2.75, 3.05) is 65.4 Å². The Balaban J connectivity index is 1.19. The van der Waals surface area contributed by atoms with Crippen molar-refractivity contribution in [3.63, 3.8) is 0 Å². The Kier molecular flexibility index (Phi) is 6.48. The van der Waals surface area contributed by atoms with E-state index in [0.717, 1.165) is 77.7 Å². The van der Waals surface area contributed by atoms with Gasteiger partial charge in [-0.05, 0) is 32.6 Å². The van der Waals surface area contributed by atoms with Gasteiger partial charge in [0.05, 0.1) is 6.54 Å². The van der Waals surface area contributed by atoms with E-state index in [9.17, 15) is 4.79 Å². The number of ether oxygens (including phenoxy) is 1. The lowest BCUT2D eigenvalue weighted by Crippen LogP contribution is -2.51. The lowest BCUT2D eigenvalue weighted by molar-refractivity contribution is -0.00248. The van der Waals surface area contributed by atoms with Crippen LogP contribution >= 0.6 is 0 Å². The molecule has 0 atom stereocenters. The molecule has 3 heterocycles. The van der Waals surface area contributed by atoms with E-state index in [2.05, 4.69) is 28.5 Å². The van der Waals surface area contributed by atoms with Gasteiger partial charge in [0.25, 0.3) is 0 Å². The second-order valence-corrected chi connectivity index (χ2v) is 9.89. The summed E-state index contributed by atoms with van der Waals surface area (Å²) in [5.74, 6) is 0.910. The molecule has 0 aromatic carbocycles.